The van der Waals surface area contributed by atoms with Crippen LogP contribution in [-0.2, 0) is 4.74 Å². The van der Waals surface area contributed by atoms with Crippen molar-refractivity contribution in [1.29, 1.82) is 0 Å². The fourth-order valence-corrected chi connectivity index (χ4v) is 1.25. The first-order valence-corrected chi connectivity index (χ1v) is 4.53. The lowest BCUT2D eigenvalue weighted by Gasteiger charge is -2.16. The molecule has 0 radical (unpaired) electrons. The lowest BCUT2D eigenvalue weighted by Crippen LogP contribution is -2.33. The summed E-state index contributed by atoms with van der Waals surface area (Å²) in [6.45, 7) is 5.04. The van der Waals surface area contributed by atoms with Gasteiger partial charge in [-0.2, -0.15) is 0 Å². The van der Waals surface area contributed by atoms with Crippen molar-refractivity contribution in [2.75, 3.05) is 13.7 Å². The minimum Gasteiger partial charge on any atom is -0.377 e. The first-order chi connectivity index (χ1) is 5.24. The molecule has 0 aromatic carbocycles. The molecule has 11 heavy (non-hydrogen) atoms. The van der Waals surface area contributed by atoms with E-state index in [2.05, 4.69) is 19.2 Å². The minimum absolute atomic E-state index is 0.365. The third kappa shape index (κ3) is 3.21. The summed E-state index contributed by atoms with van der Waals surface area (Å²) in [6.07, 6.45) is 3.13. The molecule has 1 N–H and O–H groups in total. The molecule has 2 nitrogen and oxygen atoms in total. The maximum atomic E-state index is 5.53. The molecule has 1 atom stereocenters. The van der Waals surface area contributed by atoms with Crippen molar-refractivity contribution in [3.8, 4) is 0 Å². The third-order valence-corrected chi connectivity index (χ3v) is 2.17. The van der Waals surface area contributed by atoms with Crippen LogP contribution >= 0.6 is 0 Å². The van der Waals surface area contributed by atoms with Crippen LogP contribution in [-0.4, -0.2) is 25.8 Å². The van der Waals surface area contributed by atoms with Gasteiger partial charge in [0.05, 0.1) is 12.7 Å². The average Bonchev–Trinajstić information content (AvgIpc) is 2.72. The Bertz CT molecular complexity index is 110. The van der Waals surface area contributed by atoms with Gasteiger partial charge >= 0.3 is 0 Å². The normalized spacial score (nSPS) is 20.7. The van der Waals surface area contributed by atoms with E-state index in [1.165, 1.54) is 12.8 Å². The molecule has 2 heteroatoms. The molecule has 0 aliphatic heterocycles. The smallest absolute Gasteiger partial charge is 0.0625 e. The highest BCUT2D eigenvalue weighted by molar-refractivity contribution is 4.85. The predicted octanol–water partition coefficient (Wildman–Crippen LogP) is 1.41. The predicted molar refractivity (Wildman–Crippen MR) is 46.7 cm³/mol. The molecular weight excluding hydrogens is 138 g/mol. The van der Waals surface area contributed by atoms with Crippen molar-refractivity contribution >= 4 is 0 Å². The van der Waals surface area contributed by atoms with Gasteiger partial charge < -0.3 is 10.1 Å². The van der Waals surface area contributed by atoms with Gasteiger partial charge in [-0.3, -0.25) is 0 Å². The molecule has 1 saturated carbocycles. The highest BCUT2D eigenvalue weighted by Crippen LogP contribution is 2.32. The molecule has 1 fully saturated rings. The van der Waals surface area contributed by atoms with Crippen molar-refractivity contribution in [3.05, 3.63) is 0 Å². The van der Waals surface area contributed by atoms with E-state index in [9.17, 15) is 0 Å². The number of hydrogen-bond donors (Lipinski definition) is 1. The van der Waals surface area contributed by atoms with Gasteiger partial charge in [-0.25, -0.2) is 0 Å². The summed E-state index contributed by atoms with van der Waals surface area (Å²) in [5.74, 6) is 0.888. The summed E-state index contributed by atoms with van der Waals surface area (Å²) in [4.78, 5) is 0. The number of ether oxygens (including phenoxy) is 1. The first-order valence-electron chi connectivity index (χ1n) is 4.53. The van der Waals surface area contributed by atoms with Gasteiger partial charge in [-0.05, 0) is 39.7 Å². The Labute approximate surface area is 69.3 Å². The van der Waals surface area contributed by atoms with Gasteiger partial charge in [0.1, 0.15) is 0 Å². The van der Waals surface area contributed by atoms with E-state index >= 15 is 0 Å². The zero-order valence-corrected chi connectivity index (χ0v) is 7.76. The second kappa shape index (κ2) is 4.07. The lowest BCUT2D eigenvalue weighted by atomic mass is 10.2. The van der Waals surface area contributed by atoms with E-state index < -0.39 is 0 Å². The molecule has 0 saturated heterocycles. The molecule has 0 heterocycles. The highest BCUT2D eigenvalue weighted by Gasteiger charge is 2.30. The molecule has 0 aromatic heterocycles. The number of rotatable bonds is 5. The van der Waals surface area contributed by atoms with Crippen LogP contribution in [0.3, 0.4) is 0 Å². The summed E-state index contributed by atoms with van der Waals surface area (Å²) < 4.78 is 5.53. The van der Waals surface area contributed by atoms with Gasteiger partial charge in [0.2, 0.25) is 0 Å². The Hall–Kier alpha value is -0.0800. The number of nitrogens with one attached hydrogen (secondary N) is 1. The molecule has 0 amide bonds. The first kappa shape index (κ1) is 9.01. The van der Waals surface area contributed by atoms with Crippen LogP contribution in [0.2, 0.25) is 0 Å². The maximum Gasteiger partial charge on any atom is 0.0625 e. The van der Waals surface area contributed by atoms with Crippen LogP contribution in [0.1, 0.15) is 26.7 Å². The lowest BCUT2D eigenvalue weighted by molar-refractivity contribution is 0.0585. The van der Waals surface area contributed by atoms with Gasteiger partial charge in [0, 0.05) is 6.04 Å². The monoisotopic (exact) mass is 157 g/mol. The molecule has 1 rings (SSSR count). The van der Waals surface area contributed by atoms with E-state index in [-0.39, 0.29) is 0 Å². The largest absolute Gasteiger partial charge is 0.377 e. The second-order valence-corrected chi connectivity index (χ2v) is 3.61. The molecule has 1 aliphatic rings. The van der Waals surface area contributed by atoms with E-state index in [1.807, 2.05) is 7.05 Å². The molecule has 1 unspecified atom stereocenters. The van der Waals surface area contributed by atoms with Crippen LogP contribution in [0.5, 0.6) is 0 Å². The minimum atomic E-state index is 0.365. The Morgan fingerprint density at radius 1 is 1.45 bits per heavy atom. The van der Waals surface area contributed by atoms with Crippen molar-refractivity contribution in [2.45, 2.75) is 38.8 Å². The van der Waals surface area contributed by atoms with Crippen molar-refractivity contribution in [2.24, 2.45) is 5.92 Å². The highest BCUT2D eigenvalue weighted by atomic mass is 16.5. The topological polar surface area (TPSA) is 21.3 Å². The fourth-order valence-electron chi connectivity index (χ4n) is 1.25. The van der Waals surface area contributed by atoms with Crippen molar-refractivity contribution in [1.82, 2.24) is 5.32 Å². The average molecular weight is 157 g/mol. The van der Waals surface area contributed by atoms with Gasteiger partial charge in [-0.15, -0.1) is 0 Å². The van der Waals surface area contributed by atoms with E-state index in [0.29, 0.717) is 12.1 Å². The molecule has 66 valence electrons. The second-order valence-electron chi connectivity index (χ2n) is 3.61. The standard InChI is InChI=1S/C9H19NO/c1-7(2)11-6-9(10-3)8-4-5-8/h7-10H,4-6H2,1-3H3. The summed E-state index contributed by atoms with van der Waals surface area (Å²) in [6, 6.07) is 0.595. The summed E-state index contributed by atoms with van der Waals surface area (Å²) >= 11 is 0. The van der Waals surface area contributed by atoms with Crippen LogP contribution in [0.4, 0.5) is 0 Å². The van der Waals surface area contributed by atoms with Gasteiger partial charge in [0.15, 0.2) is 0 Å². The molecule has 0 spiro atoms. The number of hydrogen-bond acceptors (Lipinski definition) is 2. The zero-order chi connectivity index (χ0) is 8.27. The molecular formula is C9H19NO. The van der Waals surface area contributed by atoms with E-state index in [1.54, 1.807) is 0 Å². The quantitative estimate of drug-likeness (QED) is 0.651. The molecule has 0 aromatic rings. The molecule has 1 aliphatic carbocycles. The SMILES string of the molecule is CNC(COC(C)C)C1CC1. The van der Waals surface area contributed by atoms with Crippen LogP contribution < -0.4 is 5.32 Å². The number of likely N-dealkylation sites (N-methyl/N-ethyl adjacent to an activating group) is 1. The molecule has 0 bridgehead atoms. The van der Waals surface area contributed by atoms with E-state index in [0.717, 1.165) is 12.5 Å². The van der Waals surface area contributed by atoms with Gasteiger partial charge in [0.25, 0.3) is 0 Å². The Balaban J connectivity index is 2.10. The van der Waals surface area contributed by atoms with Crippen molar-refractivity contribution < 1.29 is 4.74 Å². The Morgan fingerprint density at radius 3 is 2.45 bits per heavy atom. The maximum absolute atomic E-state index is 5.53. The fraction of sp³-hybridized carbons (Fsp3) is 1.00. The third-order valence-electron chi connectivity index (χ3n) is 2.17. The Kier molecular flexibility index (Phi) is 3.34. The van der Waals surface area contributed by atoms with Crippen LogP contribution in [0.15, 0.2) is 0 Å². The summed E-state index contributed by atoms with van der Waals surface area (Å²) in [5.41, 5.74) is 0. The summed E-state index contributed by atoms with van der Waals surface area (Å²) in [5, 5.41) is 3.29. The van der Waals surface area contributed by atoms with Crippen LogP contribution in [0.25, 0.3) is 0 Å². The van der Waals surface area contributed by atoms with Crippen LogP contribution in [0, 0.1) is 5.92 Å². The Morgan fingerprint density at radius 2 is 2.09 bits per heavy atom. The van der Waals surface area contributed by atoms with Crippen molar-refractivity contribution in [3.63, 3.8) is 0 Å². The zero-order valence-electron chi connectivity index (χ0n) is 7.76. The van der Waals surface area contributed by atoms with Gasteiger partial charge in [-0.1, -0.05) is 0 Å². The van der Waals surface area contributed by atoms with E-state index in [4.69, 9.17) is 4.74 Å². The summed E-state index contributed by atoms with van der Waals surface area (Å²) in [7, 11) is 2.02.